The van der Waals surface area contributed by atoms with Crippen LogP contribution in [-0.4, -0.2) is 25.1 Å². The van der Waals surface area contributed by atoms with Crippen molar-refractivity contribution in [1.29, 1.82) is 0 Å². The van der Waals surface area contributed by atoms with E-state index in [0.717, 1.165) is 11.1 Å². The minimum atomic E-state index is -0.0395. The third kappa shape index (κ3) is 4.91. The maximum absolute atomic E-state index is 12.1. The molecule has 0 aliphatic rings. The Bertz CT molecular complexity index is 932. The molecule has 0 fully saturated rings. The predicted octanol–water partition coefficient (Wildman–Crippen LogP) is 3.92. The van der Waals surface area contributed by atoms with E-state index in [9.17, 15) is 4.79 Å². The van der Waals surface area contributed by atoms with E-state index in [2.05, 4.69) is 10.3 Å². The number of carbonyl (C=O) groups is 1. The van der Waals surface area contributed by atoms with Crippen LogP contribution in [0.25, 0.3) is 11.3 Å². The van der Waals surface area contributed by atoms with E-state index >= 15 is 0 Å². The number of ether oxygens (including phenoxy) is 2. The Kier molecular flexibility index (Phi) is 6.32. The lowest BCUT2D eigenvalue weighted by molar-refractivity contribution is -0.121. The number of benzene rings is 2. The number of aromatic nitrogens is 1. The van der Waals surface area contributed by atoms with Gasteiger partial charge in [0.1, 0.15) is 11.5 Å². The van der Waals surface area contributed by atoms with Crippen LogP contribution in [-0.2, 0) is 17.8 Å². The predicted molar refractivity (Wildman–Crippen MR) is 106 cm³/mol. The quantitative estimate of drug-likeness (QED) is 0.641. The Labute approximate surface area is 164 Å². The molecule has 0 saturated carbocycles. The van der Waals surface area contributed by atoms with Gasteiger partial charge in [-0.05, 0) is 24.6 Å². The van der Waals surface area contributed by atoms with Crippen molar-refractivity contribution in [3.63, 3.8) is 0 Å². The number of nitrogens with zero attached hydrogens (tertiary/aromatic N) is 1. The lowest BCUT2D eigenvalue weighted by Crippen LogP contribution is -2.23. The van der Waals surface area contributed by atoms with Gasteiger partial charge in [-0.2, -0.15) is 0 Å². The summed E-state index contributed by atoms with van der Waals surface area (Å²) in [5.41, 5.74) is 3.05. The fraction of sp³-hybridized carbons (Fsp3) is 0.273. The fourth-order valence-corrected chi connectivity index (χ4v) is 2.77. The summed E-state index contributed by atoms with van der Waals surface area (Å²) < 4.78 is 16.4. The van der Waals surface area contributed by atoms with E-state index < -0.39 is 0 Å². The molecule has 1 heterocycles. The Balaban J connectivity index is 1.56. The van der Waals surface area contributed by atoms with Crippen LogP contribution in [0.4, 0.5) is 0 Å². The Morgan fingerprint density at radius 3 is 2.61 bits per heavy atom. The van der Waals surface area contributed by atoms with Crippen molar-refractivity contribution < 1.29 is 18.7 Å². The van der Waals surface area contributed by atoms with E-state index in [4.69, 9.17) is 13.9 Å². The highest BCUT2D eigenvalue weighted by Crippen LogP contribution is 2.33. The molecule has 0 aliphatic carbocycles. The molecule has 28 heavy (non-hydrogen) atoms. The van der Waals surface area contributed by atoms with Crippen LogP contribution in [0.3, 0.4) is 0 Å². The average Bonchev–Trinajstić information content (AvgIpc) is 3.20. The first-order valence-electron chi connectivity index (χ1n) is 9.08. The Hall–Kier alpha value is -3.28. The number of hydrogen-bond donors (Lipinski definition) is 1. The molecule has 6 heteroatoms. The minimum absolute atomic E-state index is 0.0395. The molecular formula is C22H24N2O4. The second-order valence-electron chi connectivity index (χ2n) is 6.45. The summed E-state index contributed by atoms with van der Waals surface area (Å²) in [5, 5.41) is 2.92. The first-order chi connectivity index (χ1) is 13.6. The largest absolute Gasteiger partial charge is 0.497 e. The van der Waals surface area contributed by atoms with Gasteiger partial charge in [0.15, 0.2) is 11.7 Å². The van der Waals surface area contributed by atoms with Crippen LogP contribution >= 0.6 is 0 Å². The van der Waals surface area contributed by atoms with E-state index in [1.807, 2.05) is 43.3 Å². The fourth-order valence-electron chi connectivity index (χ4n) is 2.77. The van der Waals surface area contributed by atoms with Gasteiger partial charge in [0.05, 0.1) is 26.0 Å². The first-order valence-corrected chi connectivity index (χ1v) is 9.08. The maximum atomic E-state index is 12.1. The number of amides is 1. The topological polar surface area (TPSA) is 73.6 Å². The molecule has 6 nitrogen and oxygen atoms in total. The summed E-state index contributed by atoms with van der Waals surface area (Å²) >= 11 is 0. The second-order valence-corrected chi connectivity index (χ2v) is 6.45. The molecule has 0 radical (unpaired) electrons. The lowest BCUT2D eigenvalue weighted by Gasteiger charge is -2.08. The molecule has 1 N–H and O–H groups in total. The van der Waals surface area contributed by atoms with E-state index in [-0.39, 0.29) is 5.91 Å². The van der Waals surface area contributed by atoms with Crippen molar-refractivity contribution in [1.82, 2.24) is 10.3 Å². The molecule has 0 aliphatic heterocycles. The summed E-state index contributed by atoms with van der Waals surface area (Å²) in [5.74, 6) is 2.40. The molecule has 3 rings (SSSR count). The van der Waals surface area contributed by atoms with Crippen molar-refractivity contribution in [2.45, 2.75) is 26.3 Å². The number of hydrogen-bond acceptors (Lipinski definition) is 5. The van der Waals surface area contributed by atoms with Gasteiger partial charge < -0.3 is 19.2 Å². The number of carbonyl (C=O) groups excluding carboxylic acids is 1. The summed E-state index contributed by atoms with van der Waals surface area (Å²) in [6.45, 7) is 2.55. The van der Waals surface area contributed by atoms with Gasteiger partial charge >= 0.3 is 0 Å². The molecule has 2 aromatic carbocycles. The smallest absolute Gasteiger partial charge is 0.220 e. The van der Waals surface area contributed by atoms with Gasteiger partial charge in [-0.15, -0.1) is 0 Å². The molecule has 1 amide bonds. The number of oxazole rings is 1. The maximum Gasteiger partial charge on any atom is 0.220 e. The molecule has 0 bridgehead atoms. The molecule has 3 aromatic rings. The number of methoxy groups -OCH3 is 2. The van der Waals surface area contributed by atoms with Crippen LogP contribution in [0, 0.1) is 6.92 Å². The van der Waals surface area contributed by atoms with Gasteiger partial charge in [0.2, 0.25) is 5.91 Å². The van der Waals surface area contributed by atoms with E-state index in [0.29, 0.717) is 42.5 Å². The third-order valence-corrected chi connectivity index (χ3v) is 4.40. The average molecular weight is 380 g/mol. The Morgan fingerprint density at radius 1 is 1.11 bits per heavy atom. The zero-order chi connectivity index (χ0) is 19.9. The molecular weight excluding hydrogens is 356 g/mol. The van der Waals surface area contributed by atoms with Crippen molar-refractivity contribution in [3.8, 4) is 22.8 Å². The highest BCUT2D eigenvalue weighted by molar-refractivity contribution is 5.76. The zero-order valence-electron chi connectivity index (χ0n) is 16.3. The molecule has 0 atom stereocenters. The van der Waals surface area contributed by atoms with Crippen LogP contribution in [0.15, 0.2) is 53.1 Å². The molecule has 0 unspecified atom stereocenters. The van der Waals surface area contributed by atoms with E-state index in [1.54, 1.807) is 26.5 Å². The molecule has 146 valence electrons. The van der Waals surface area contributed by atoms with E-state index in [1.165, 1.54) is 5.56 Å². The van der Waals surface area contributed by atoms with Crippen LogP contribution < -0.4 is 14.8 Å². The SMILES string of the molecule is COc1ccc(-c2cnc(CCC(=O)NCc3ccc(C)cc3)o2)c(OC)c1. The zero-order valence-corrected chi connectivity index (χ0v) is 16.3. The van der Waals surface area contributed by atoms with Crippen LogP contribution in [0.5, 0.6) is 11.5 Å². The van der Waals surface area contributed by atoms with Gasteiger partial charge in [-0.25, -0.2) is 4.98 Å². The lowest BCUT2D eigenvalue weighted by atomic mass is 10.1. The van der Waals surface area contributed by atoms with Crippen molar-refractivity contribution >= 4 is 5.91 Å². The van der Waals surface area contributed by atoms with Crippen LogP contribution in [0.2, 0.25) is 0 Å². The highest BCUT2D eigenvalue weighted by atomic mass is 16.5. The minimum Gasteiger partial charge on any atom is -0.497 e. The van der Waals surface area contributed by atoms with Gasteiger partial charge in [-0.1, -0.05) is 29.8 Å². The van der Waals surface area contributed by atoms with Crippen molar-refractivity contribution in [2.75, 3.05) is 14.2 Å². The second kappa shape index (κ2) is 9.08. The summed E-state index contributed by atoms with van der Waals surface area (Å²) in [6, 6.07) is 13.6. The molecule has 0 saturated heterocycles. The van der Waals surface area contributed by atoms with Crippen LogP contribution in [0.1, 0.15) is 23.4 Å². The monoisotopic (exact) mass is 380 g/mol. The number of aryl methyl sites for hydroxylation is 2. The number of nitrogens with one attached hydrogen (secondary N) is 1. The highest BCUT2D eigenvalue weighted by Gasteiger charge is 2.13. The van der Waals surface area contributed by atoms with Crippen molar-refractivity contribution in [3.05, 3.63) is 65.7 Å². The summed E-state index contributed by atoms with van der Waals surface area (Å²) in [6.07, 6.45) is 2.38. The van der Waals surface area contributed by atoms with Gasteiger partial charge in [0, 0.05) is 25.5 Å². The number of rotatable bonds is 8. The normalized spacial score (nSPS) is 10.5. The standard InChI is InChI=1S/C22H24N2O4/c1-15-4-6-16(7-5-15)13-23-21(25)10-11-22-24-14-20(28-22)18-9-8-17(26-2)12-19(18)27-3/h4-9,12,14H,10-11,13H2,1-3H3,(H,23,25). The summed E-state index contributed by atoms with van der Waals surface area (Å²) in [7, 11) is 3.19. The molecule has 1 aromatic heterocycles. The van der Waals surface area contributed by atoms with Gasteiger partial charge in [-0.3, -0.25) is 4.79 Å². The van der Waals surface area contributed by atoms with Crippen molar-refractivity contribution in [2.24, 2.45) is 0 Å². The van der Waals surface area contributed by atoms with Gasteiger partial charge in [0.25, 0.3) is 0 Å². The Morgan fingerprint density at radius 2 is 1.89 bits per heavy atom. The first kappa shape index (κ1) is 19.5. The third-order valence-electron chi connectivity index (χ3n) is 4.40. The summed E-state index contributed by atoms with van der Waals surface area (Å²) in [4.78, 5) is 16.4. The molecule has 0 spiro atoms.